The monoisotopic (exact) mass is 279 g/mol. The largest absolute Gasteiger partial charge is 0.491 e. The molecular weight excluding hydrogens is 258 g/mol. The average Bonchev–Trinajstić information content (AvgIpc) is 2.40. The van der Waals surface area contributed by atoms with Crippen LogP contribution in [0.15, 0.2) is 18.2 Å². The molecule has 2 rings (SSSR count). The van der Waals surface area contributed by atoms with E-state index in [-0.39, 0.29) is 18.5 Å². The van der Waals surface area contributed by atoms with Crippen LogP contribution in [0.25, 0.3) is 0 Å². The highest BCUT2D eigenvalue weighted by molar-refractivity contribution is 5.67. The van der Waals surface area contributed by atoms with Crippen molar-refractivity contribution < 1.29 is 19.7 Å². The average molecular weight is 279 g/mol. The first kappa shape index (κ1) is 14.8. The number of fused-ring (bicyclic) bond motifs is 1. The van der Waals surface area contributed by atoms with Crippen LogP contribution in [0.2, 0.25) is 0 Å². The first-order valence-corrected chi connectivity index (χ1v) is 6.92. The van der Waals surface area contributed by atoms with Crippen molar-refractivity contribution in [1.29, 1.82) is 0 Å². The predicted molar refractivity (Wildman–Crippen MR) is 74.9 cm³/mol. The fourth-order valence-corrected chi connectivity index (χ4v) is 2.48. The first-order chi connectivity index (χ1) is 9.51. The fraction of sp³-hybridized carbons (Fsp3) is 0.533. The Balaban J connectivity index is 2.07. The van der Waals surface area contributed by atoms with Gasteiger partial charge >= 0.3 is 5.97 Å². The number of aliphatic hydroxyl groups is 1. The second-order valence-corrected chi connectivity index (χ2v) is 5.25. The summed E-state index contributed by atoms with van der Waals surface area (Å²) in [5.41, 5.74) is 1.93. The van der Waals surface area contributed by atoms with Gasteiger partial charge in [0, 0.05) is 11.6 Å². The van der Waals surface area contributed by atoms with Crippen LogP contribution in [0.5, 0.6) is 5.75 Å². The van der Waals surface area contributed by atoms with Gasteiger partial charge in [-0.3, -0.25) is 4.79 Å². The number of ether oxygens (including phenoxy) is 1. The molecule has 1 unspecified atom stereocenters. The van der Waals surface area contributed by atoms with Gasteiger partial charge in [-0.2, -0.15) is 0 Å². The zero-order chi connectivity index (χ0) is 14.7. The molecule has 0 saturated heterocycles. The molecule has 0 aromatic heterocycles. The van der Waals surface area contributed by atoms with E-state index in [1.54, 1.807) is 6.92 Å². The number of hydrogen-bond donors (Lipinski definition) is 3. The van der Waals surface area contributed by atoms with Gasteiger partial charge in [-0.15, -0.1) is 0 Å². The summed E-state index contributed by atoms with van der Waals surface area (Å²) in [4.78, 5) is 10.7. The van der Waals surface area contributed by atoms with E-state index in [9.17, 15) is 9.90 Å². The third kappa shape index (κ3) is 3.29. The number of aliphatic hydroxyl groups excluding tert-OH is 1. The first-order valence-electron chi connectivity index (χ1n) is 6.92. The number of carboxylic acid groups (broad SMARTS) is 1. The number of carboxylic acids is 1. The van der Waals surface area contributed by atoms with E-state index in [2.05, 4.69) is 12.2 Å². The van der Waals surface area contributed by atoms with Gasteiger partial charge in [-0.25, -0.2) is 0 Å². The molecule has 0 bridgehead atoms. The van der Waals surface area contributed by atoms with Crippen LogP contribution in [0.3, 0.4) is 0 Å². The Hall–Kier alpha value is -1.59. The zero-order valence-electron chi connectivity index (χ0n) is 11.8. The van der Waals surface area contributed by atoms with Gasteiger partial charge in [0.2, 0.25) is 0 Å². The fourth-order valence-electron chi connectivity index (χ4n) is 2.48. The molecule has 20 heavy (non-hydrogen) atoms. The smallest absolute Gasteiger partial charge is 0.304 e. The minimum absolute atomic E-state index is 0.0187. The summed E-state index contributed by atoms with van der Waals surface area (Å²) in [7, 11) is 0. The highest BCUT2D eigenvalue weighted by Gasteiger charge is 2.30. The molecule has 1 aliphatic heterocycles. The van der Waals surface area contributed by atoms with Crippen LogP contribution in [-0.4, -0.2) is 34.9 Å². The van der Waals surface area contributed by atoms with Crippen LogP contribution in [0.4, 0.5) is 0 Å². The summed E-state index contributed by atoms with van der Waals surface area (Å²) >= 11 is 0. The third-order valence-corrected chi connectivity index (χ3v) is 3.58. The summed E-state index contributed by atoms with van der Waals surface area (Å²) in [6, 6.07) is 5.31. The Morgan fingerprint density at radius 3 is 2.95 bits per heavy atom. The van der Waals surface area contributed by atoms with E-state index in [1.807, 2.05) is 18.2 Å². The molecule has 0 saturated carbocycles. The van der Waals surface area contributed by atoms with E-state index in [0.29, 0.717) is 6.61 Å². The molecule has 3 N–H and O–H groups in total. The zero-order valence-corrected chi connectivity index (χ0v) is 11.8. The van der Waals surface area contributed by atoms with Crippen molar-refractivity contribution in [2.45, 2.75) is 44.9 Å². The quantitative estimate of drug-likeness (QED) is 0.761. The lowest BCUT2D eigenvalue weighted by molar-refractivity contribution is -0.137. The van der Waals surface area contributed by atoms with Crippen molar-refractivity contribution in [3.8, 4) is 5.75 Å². The van der Waals surface area contributed by atoms with Crippen molar-refractivity contribution in [3.63, 3.8) is 0 Å². The molecule has 5 heteroatoms. The number of carbonyl (C=O) groups is 1. The van der Waals surface area contributed by atoms with Gasteiger partial charge in [0.25, 0.3) is 0 Å². The second-order valence-electron chi connectivity index (χ2n) is 5.25. The van der Waals surface area contributed by atoms with Gasteiger partial charge in [-0.1, -0.05) is 19.1 Å². The van der Waals surface area contributed by atoms with Gasteiger partial charge in [0.05, 0.1) is 12.5 Å². The molecule has 1 aromatic rings. The lowest BCUT2D eigenvalue weighted by Crippen LogP contribution is -2.47. The molecule has 0 amide bonds. The summed E-state index contributed by atoms with van der Waals surface area (Å²) in [6.45, 7) is 4.20. The van der Waals surface area contributed by atoms with E-state index in [1.165, 1.54) is 5.56 Å². The molecule has 0 radical (unpaired) electrons. The van der Waals surface area contributed by atoms with Crippen molar-refractivity contribution in [2.24, 2.45) is 0 Å². The topological polar surface area (TPSA) is 78.8 Å². The number of benzene rings is 1. The summed E-state index contributed by atoms with van der Waals surface area (Å²) < 4.78 is 5.68. The normalized spacial score (nSPS) is 22.8. The summed E-state index contributed by atoms with van der Waals surface area (Å²) in [6.07, 6.45) is 0.260. The number of rotatable bonds is 5. The summed E-state index contributed by atoms with van der Waals surface area (Å²) in [5.74, 6) is -0.134. The molecule has 1 aliphatic rings. The highest BCUT2D eigenvalue weighted by Crippen LogP contribution is 2.33. The second kappa shape index (κ2) is 6.24. The Morgan fingerprint density at radius 2 is 2.30 bits per heavy atom. The van der Waals surface area contributed by atoms with Crippen molar-refractivity contribution >= 4 is 5.97 Å². The van der Waals surface area contributed by atoms with E-state index < -0.39 is 12.1 Å². The maximum absolute atomic E-state index is 10.7. The van der Waals surface area contributed by atoms with Crippen LogP contribution in [0, 0.1) is 0 Å². The number of hydrogen-bond acceptors (Lipinski definition) is 4. The SMILES string of the molecule is CCc1ccc2c(c1)OC[C@@H](NC(C)CC(=O)O)[C@H]2O. The van der Waals surface area contributed by atoms with E-state index >= 15 is 0 Å². The molecule has 0 spiro atoms. The van der Waals surface area contributed by atoms with Gasteiger partial charge in [0.1, 0.15) is 18.5 Å². The van der Waals surface area contributed by atoms with Crippen LogP contribution >= 0.6 is 0 Å². The highest BCUT2D eigenvalue weighted by atomic mass is 16.5. The lowest BCUT2D eigenvalue weighted by atomic mass is 9.96. The molecule has 1 heterocycles. The maximum atomic E-state index is 10.7. The number of aryl methyl sites for hydroxylation is 1. The molecular formula is C15H21NO4. The molecule has 1 aromatic carbocycles. The number of nitrogens with one attached hydrogen (secondary N) is 1. The molecule has 3 atom stereocenters. The van der Waals surface area contributed by atoms with Gasteiger partial charge in [-0.05, 0) is 25.0 Å². The molecule has 0 aliphatic carbocycles. The van der Waals surface area contributed by atoms with E-state index in [4.69, 9.17) is 9.84 Å². The Morgan fingerprint density at radius 1 is 1.55 bits per heavy atom. The van der Waals surface area contributed by atoms with Crippen LogP contribution < -0.4 is 10.1 Å². The maximum Gasteiger partial charge on any atom is 0.304 e. The number of aliphatic carboxylic acids is 1. The van der Waals surface area contributed by atoms with E-state index in [0.717, 1.165) is 17.7 Å². The van der Waals surface area contributed by atoms with Crippen molar-refractivity contribution in [2.75, 3.05) is 6.61 Å². The molecule has 5 nitrogen and oxygen atoms in total. The van der Waals surface area contributed by atoms with Gasteiger partial charge < -0.3 is 20.3 Å². The Labute approximate surface area is 118 Å². The van der Waals surface area contributed by atoms with Gasteiger partial charge in [0.15, 0.2) is 0 Å². The minimum atomic E-state index is -0.857. The van der Waals surface area contributed by atoms with Crippen LogP contribution in [-0.2, 0) is 11.2 Å². The predicted octanol–water partition coefficient (Wildman–Crippen LogP) is 1.50. The lowest BCUT2D eigenvalue weighted by Gasteiger charge is -2.33. The summed E-state index contributed by atoms with van der Waals surface area (Å²) in [5, 5.41) is 22.3. The minimum Gasteiger partial charge on any atom is -0.491 e. The standard InChI is InChI=1S/C15H21NO4/c1-3-10-4-5-11-13(7-10)20-8-12(15(11)19)16-9(2)6-14(17)18/h4-5,7,9,12,15-16,19H,3,6,8H2,1-2H3,(H,17,18)/t9?,12-,15+/m1/s1. The Kier molecular flexibility index (Phi) is 4.62. The third-order valence-electron chi connectivity index (χ3n) is 3.58. The molecule has 110 valence electrons. The van der Waals surface area contributed by atoms with Crippen molar-refractivity contribution in [1.82, 2.24) is 5.32 Å². The Bertz CT molecular complexity index is 489. The van der Waals surface area contributed by atoms with Crippen molar-refractivity contribution in [3.05, 3.63) is 29.3 Å². The molecule has 0 fully saturated rings. The van der Waals surface area contributed by atoms with Crippen LogP contribution in [0.1, 0.15) is 37.5 Å².